The third-order valence-corrected chi connectivity index (χ3v) is 9.30. The fourth-order valence-corrected chi connectivity index (χ4v) is 6.74. The van der Waals surface area contributed by atoms with Gasteiger partial charge in [-0.05, 0) is 50.0 Å². The molecule has 1 saturated carbocycles. The summed E-state index contributed by atoms with van der Waals surface area (Å²) < 4.78 is 0.866. The number of hydrogen-bond donors (Lipinski definition) is 6. The van der Waals surface area contributed by atoms with Crippen molar-refractivity contribution in [3.8, 4) is 6.07 Å². The number of amides is 1. The molecule has 1 atom stereocenters. The van der Waals surface area contributed by atoms with Gasteiger partial charge in [-0.3, -0.25) is 29.3 Å². The standard InChI is InChI=1S/C12H17NO2.C8H8N2O5S.C7H9NO2S2.C3H6O2/c1-8-4-9(6-12(2,3)5-8)10(7-13)11(14)15;1-2-3-5(11)10-8(9-3)16-4(6(12)13)7(14)15;1-2-5-3-11-7(8-5)12-4-6(9)10;1-2-3(4)5/h8H,4-6H2,1-3H3,(H,14,15);2,4H,1H3,(H,12,13)(H,14,15)(H,9,10,11);2H,3-4H2,1H3,(H,9,10);2H2,1H3,(H,4,5)/b10-9-;3-2-;5-2+;. The van der Waals surface area contributed by atoms with E-state index in [0.29, 0.717) is 17.7 Å². The molecule has 1 fully saturated rings. The summed E-state index contributed by atoms with van der Waals surface area (Å²) in [6.07, 6.45) is 6.18. The van der Waals surface area contributed by atoms with Gasteiger partial charge in [0.15, 0.2) is 5.17 Å². The molecule has 0 aromatic carbocycles. The Bertz CT molecular complexity index is 1430. The number of allylic oxidation sites excluding steroid dienone is 3. The van der Waals surface area contributed by atoms with Gasteiger partial charge in [0.25, 0.3) is 5.91 Å². The van der Waals surface area contributed by atoms with E-state index >= 15 is 0 Å². The van der Waals surface area contributed by atoms with Crippen molar-refractivity contribution in [2.45, 2.75) is 72.5 Å². The molecule has 3 rings (SSSR count). The van der Waals surface area contributed by atoms with E-state index in [1.807, 2.05) is 19.1 Å². The van der Waals surface area contributed by atoms with Crippen LogP contribution in [-0.2, 0) is 28.8 Å². The molecule has 264 valence electrons. The van der Waals surface area contributed by atoms with Gasteiger partial charge < -0.3 is 25.5 Å². The van der Waals surface area contributed by atoms with Crippen molar-refractivity contribution in [2.75, 3.05) is 11.5 Å². The Labute approximate surface area is 290 Å². The molecular formula is C30H40N4O11S3. The van der Waals surface area contributed by atoms with Crippen LogP contribution in [0.3, 0.4) is 0 Å². The number of thioether (sulfide) groups is 3. The van der Waals surface area contributed by atoms with Gasteiger partial charge in [0, 0.05) is 17.9 Å². The molecule has 15 nitrogen and oxygen atoms in total. The van der Waals surface area contributed by atoms with E-state index in [4.69, 9.17) is 30.8 Å². The normalized spacial score (nSPS) is 20.3. The lowest BCUT2D eigenvalue weighted by Crippen LogP contribution is -2.31. The quantitative estimate of drug-likeness (QED) is 0.118. The maximum atomic E-state index is 11.1. The second kappa shape index (κ2) is 21.7. The van der Waals surface area contributed by atoms with Crippen LogP contribution in [0.2, 0.25) is 0 Å². The van der Waals surface area contributed by atoms with E-state index in [0.717, 1.165) is 40.7 Å². The van der Waals surface area contributed by atoms with Gasteiger partial charge in [-0.2, -0.15) is 5.26 Å². The van der Waals surface area contributed by atoms with Gasteiger partial charge in [0.1, 0.15) is 21.7 Å². The summed E-state index contributed by atoms with van der Waals surface area (Å²) in [5.74, 6) is -4.65. The van der Waals surface area contributed by atoms with Crippen LogP contribution < -0.4 is 5.32 Å². The number of nitrogens with zero attached hydrogens (tertiary/aromatic N) is 3. The van der Waals surface area contributed by atoms with Crippen molar-refractivity contribution in [1.29, 1.82) is 5.26 Å². The predicted molar refractivity (Wildman–Crippen MR) is 185 cm³/mol. The summed E-state index contributed by atoms with van der Waals surface area (Å²) in [6, 6.07) is 1.81. The Morgan fingerprint density at radius 1 is 1.06 bits per heavy atom. The lowest BCUT2D eigenvalue weighted by atomic mass is 9.69. The maximum Gasteiger partial charge on any atom is 0.346 e. The van der Waals surface area contributed by atoms with Crippen molar-refractivity contribution < 1.29 is 54.3 Å². The molecule has 1 unspecified atom stereocenters. The summed E-state index contributed by atoms with van der Waals surface area (Å²) in [6.45, 7) is 11.5. The van der Waals surface area contributed by atoms with E-state index in [9.17, 15) is 28.8 Å². The van der Waals surface area contributed by atoms with Gasteiger partial charge in [-0.1, -0.05) is 75.1 Å². The van der Waals surface area contributed by atoms with Crippen LogP contribution >= 0.6 is 35.3 Å². The van der Waals surface area contributed by atoms with E-state index in [1.54, 1.807) is 25.6 Å². The van der Waals surface area contributed by atoms with E-state index in [-0.39, 0.29) is 34.0 Å². The van der Waals surface area contributed by atoms with Crippen LogP contribution in [0.25, 0.3) is 0 Å². The second-order valence-corrected chi connectivity index (χ2v) is 14.1. The van der Waals surface area contributed by atoms with E-state index in [1.165, 1.54) is 17.8 Å². The van der Waals surface area contributed by atoms with Crippen LogP contribution in [0, 0.1) is 22.7 Å². The Kier molecular flexibility index (Phi) is 19.9. The van der Waals surface area contributed by atoms with Crippen molar-refractivity contribution in [3.63, 3.8) is 0 Å². The summed E-state index contributed by atoms with van der Waals surface area (Å²) in [4.78, 5) is 70.7. The Morgan fingerprint density at radius 2 is 1.65 bits per heavy atom. The molecule has 6 N–H and O–H groups in total. The number of hydrogen-bond acceptors (Lipinski definition) is 12. The van der Waals surface area contributed by atoms with Crippen LogP contribution in [0.15, 0.2) is 44.7 Å². The number of amidine groups is 1. The molecule has 0 saturated heterocycles. The first-order chi connectivity index (χ1) is 22.3. The minimum Gasteiger partial charge on any atom is -0.481 e. The van der Waals surface area contributed by atoms with Crippen LogP contribution in [-0.4, -0.2) is 87.6 Å². The van der Waals surface area contributed by atoms with Gasteiger partial charge >= 0.3 is 29.8 Å². The number of rotatable bonds is 7. The number of aliphatic imine (C=N–C) groups is 2. The molecule has 0 aromatic heterocycles. The molecule has 2 aliphatic heterocycles. The predicted octanol–water partition coefficient (Wildman–Crippen LogP) is 4.68. The molecule has 0 aromatic rings. The largest absolute Gasteiger partial charge is 0.481 e. The van der Waals surface area contributed by atoms with E-state index < -0.39 is 41.0 Å². The number of carbonyl (C=O) groups excluding carboxylic acids is 1. The molecule has 0 radical (unpaired) electrons. The first-order valence-electron chi connectivity index (χ1n) is 14.3. The molecular weight excluding hydrogens is 689 g/mol. The van der Waals surface area contributed by atoms with Crippen molar-refractivity contribution in [2.24, 2.45) is 21.3 Å². The summed E-state index contributed by atoms with van der Waals surface area (Å²) in [5.41, 5.74) is 2.05. The third kappa shape index (κ3) is 17.2. The SMILES string of the molecule is C/C=C1\CSC(SCC(=O)O)=N1.C/C=C1\N=C(SC(C(=O)O)C(=O)O)NC1=O.CC1C/C(=C(\C#N)C(=O)O)CC(C)(C)C1.CCC(=O)O. The fraction of sp³-hybridized carbons (Fsp3) is 0.500. The third-order valence-electron chi connectivity index (χ3n) is 6.03. The topological polar surface area (TPSA) is 264 Å². The van der Waals surface area contributed by atoms with E-state index in [2.05, 4.69) is 36.1 Å². The van der Waals surface area contributed by atoms with Crippen LogP contribution in [0.4, 0.5) is 0 Å². The number of nitrogens with one attached hydrogen (secondary N) is 1. The molecule has 48 heavy (non-hydrogen) atoms. The number of carboxylic acids is 5. The average Bonchev–Trinajstić information content (AvgIpc) is 3.60. The zero-order valence-electron chi connectivity index (χ0n) is 27.3. The van der Waals surface area contributed by atoms with Gasteiger partial charge in [-0.25, -0.2) is 14.8 Å². The molecule has 1 amide bonds. The molecule has 0 spiro atoms. The monoisotopic (exact) mass is 728 g/mol. The maximum absolute atomic E-state index is 11.1. The fourth-order valence-electron chi connectivity index (χ4n) is 4.21. The molecule has 3 aliphatic rings. The van der Waals surface area contributed by atoms with Crippen molar-refractivity contribution in [1.82, 2.24) is 5.32 Å². The average molecular weight is 729 g/mol. The molecule has 1 aliphatic carbocycles. The summed E-state index contributed by atoms with van der Waals surface area (Å²) in [7, 11) is 0. The Balaban J connectivity index is 0.000000649. The van der Waals surface area contributed by atoms with Crippen LogP contribution in [0.1, 0.15) is 67.2 Å². The Hall–Kier alpha value is -4.08. The number of carboxylic acid groups (broad SMARTS) is 5. The second-order valence-electron chi connectivity index (χ2n) is 10.8. The highest BCUT2D eigenvalue weighted by molar-refractivity contribution is 8.39. The van der Waals surface area contributed by atoms with Gasteiger partial charge in [0.2, 0.25) is 5.25 Å². The summed E-state index contributed by atoms with van der Waals surface area (Å²) in [5, 5.41) is 51.6. The zero-order chi connectivity index (χ0) is 37.2. The minimum atomic E-state index is -1.68. The number of aliphatic carboxylic acids is 5. The zero-order valence-corrected chi connectivity index (χ0v) is 29.8. The van der Waals surface area contributed by atoms with Crippen molar-refractivity contribution >= 4 is 80.6 Å². The highest BCUT2D eigenvalue weighted by Crippen LogP contribution is 2.42. The molecule has 0 bridgehead atoms. The van der Waals surface area contributed by atoms with Crippen molar-refractivity contribution in [3.05, 3.63) is 34.7 Å². The highest BCUT2D eigenvalue weighted by Gasteiger charge is 2.32. The summed E-state index contributed by atoms with van der Waals surface area (Å²) >= 11 is 3.35. The molecule has 2 heterocycles. The van der Waals surface area contributed by atoms with Gasteiger partial charge in [0.05, 0.1) is 5.75 Å². The van der Waals surface area contributed by atoms with Gasteiger partial charge in [-0.15, -0.1) is 0 Å². The number of carbonyl (C=O) groups is 6. The number of nitriles is 1. The lowest BCUT2D eigenvalue weighted by molar-refractivity contribution is -0.146. The Morgan fingerprint density at radius 3 is 2.02 bits per heavy atom. The minimum absolute atomic E-state index is 0.0205. The highest BCUT2D eigenvalue weighted by atomic mass is 32.2. The first kappa shape index (κ1) is 43.9. The lowest BCUT2D eigenvalue weighted by Gasteiger charge is -2.35. The smallest absolute Gasteiger partial charge is 0.346 e. The first-order valence-corrected chi connectivity index (χ1v) is 17.1. The molecule has 18 heteroatoms. The van der Waals surface area contributed by atoms with Crippen LogP contribution in [0.5, 0.6) is 0 Å².